The summed E-state index contributed by atoms with van der Waals surface area (Å²) < 4.78 is 75.6. The molecular formula is C21H22F6N4O6. The standard InChI is InChI=1S/C17H20N4O2.2C2HF3O2/c1-2-6-18-14(4-1)11-22-15-10-17(23-12-15)5-9-21(13-17)16-19-7-3-8-20-16;2*3-2(4,5)1(6)7/h1-4,6-8,15H,5,9-13H2;2*(H,6,7)/t15-,17-;;/m0../s1. The van der Waals surface area contributed by atoms with E-state index in [0.29, 0.717) is 13.2 Å². The minimum atomic E-state index is -5.08. The molecule has 0 amide bonds. The van der Waals surface area contributed by atoms with Crippen molar-refractivity contribution in [3.63, 3.8) is 0 Å². The minimum Gasteiger partial charge on any atom is -0.475 e. The Hall–Kier alpha value is -3.53. The number of carboxylic acid groups (broad SMARTS) is 2. The molecule has 204 valence electrons. The molecule has 2 atom stereocenters. The van der Waals surface area contributed by atoms with Crippen molar-refractivity contribution in [2.45, 2.75) is 43.5 Å². The van der Waals surface area contributed by atoms with Crippen molar-refractivity contribution in [1.29, 1.82) is 0 Å². The topological polar surface area (TPSA) is 135 Å². The Morgan fingerprint density at radius 1 is 1.00 bits per heavy atom. The lowest BCUT2D eigenvalue weighted by Gasteiger charge is -2.23. The number of alkyl halides is 6. The number of halogens is 6. The van der Waals surface area contributed by atoms with Gasteiger partial charge in [0.25, 0.3) is 0 Å². The van der Waals surface area contributed by atoms with Gasteiger partial charge in [-0.15, -0.1) is 0 Å². The number of hydrogen-bond donors (Lipinski definition) is 2. The highest BCUT2D eigenvalue weighted by molar-refractivity contribution is 5.73. The molecule has 2 fully saturated rings. The zero-order valence-electron chi connectivity index (χ0n) is 18.9. The molecule has 0 aromatic carbocycles. The highest BCUT2D eigenvalue weighted by Crippen LogP contribution is 2.37. The molecule has 2 aliphatic rings. The lowest BCUT2D eigenvalue weighted by Crippen LogP contribution is -2.33. The van der Waals surface area contributed by atoms with Crippen LogP contribution in [-0.4, -0.2) is 80.9 Å². The number of aromatic nitrogens is 3. The molecule has 2 N–H and O–H groups in total. The van der Waals surface area contributed by atoms with Crippen molar-refractivity contribution in [2.75, 3.05) is 24.6 Å². The Morgan fingerprint density at radius 3 is 2.08 bits per heavy atom. The van der Waals surface area contributed by atoms with E-state index in [1.807, 2.05) is 24.3 Å². The van der Waals surface area contributed by atoms with Crippen LogP contribution in [0.15, 0.2) is 42.9 Å². The number of carbonyl (C=O) groups is 2. The van der Waals surface area contributed by atoms with Crippen LogP contribution in [0.2, 0.25) is 0 Å². The van der Waals surface area contributed by atoms with Gasteiger partial charge in [-0.2, -0.15) is 26.3 Å². The van der Waals surface area contributed by atoms with Crippen LogP contribution >= 0.6 is 0 Å². The average Bonchev–Trinajstić information content (AvgIpc) is 3.45. The van der Waals surface area contributed by atoms with E-state index >= 15 is 0 Å². The third-order valence-corrected chi connectivity index (χ3v) is 5.00. The van der Waals surface area contributed by atoms with Crippen LogP contribution in [-0.2, 0) is 25.7 Å². The Balaban J connectivity index is 0.000000286. The van der Waals surface area contributed by atoms with Crippen molar-refractivity contribution >= 4 is 17.9 Å². The van der Waals surface area contributed by atoms with Crippen LogP contribution in [0.25, 0.3) is 0 Å². The van der Waals surface area contributed by atoms with Gasteiger partial charge in [0.2, 0.25) is 5.95 Å². The Bertz CT molecular complexity index is 988. The molecule has 2 saturated heterocycles. The van der Waals surface area contributed by atoms with Gasteiger partial charge in [-0.25, -0.2) is 19.6 Å². The summed E-state index contributed by atoms with van der Waals surface area (Å²) in [6.45, 7) is 2.95. The number of ether oxygens (including phenoxy) is 2. The van der Waals surface area contributed by atoms with Gasteiger partial charge in [0.1, 0.15) is 0 Å². The van der Waals surface area contributed by atoms with Crippen LogP contribution in [0.4, 0.5) is 32.3 Å². The first kappa shape index (κ1) is 29.7. The molecule has 0 saturated carbocycles. The number of pyridine rings is 1. The highest BCUT2D eigenvalue weighted by Gasteiger charge is 2.46. The Labute approximate surface area is 205 Å². The fourth-order valence-electron chi connectivity index (χ4n) is 3.35. The Kier molecular flexibility index (Phi) is 10.1. The molecule has 0 aliphatic carbocycles. The summed E-state index contributed by atoms with van der Waals surface area (Å²) >= 11 is 0. The molecule has 16 heteroatoms. The van der Waals surface area contributed by atoms with Crippen molar-refractivity contribution in [3.05, 3.63) is 48.5 Å². The van der Waals surface area contributed by atoms with Crippen molar-refractivity contribution in [2.24, 2.45) is 0 Å². The summed E-state index contributed by atoms with van der Waals surface area (Å²) in [7, 11) is 0. The predicted octanol–water partition coefficient (Wildman–Crippen LogP) is 3.09. The quantitative estimate of drug-likeness (QED) is 0.557. The molecule has 2 aromatic heterocycles. The van der Waals surface area contributed by atoms with Crippen LogP contribution in [0.1, 0.15) is 18.5 Å². The fourth-order valence-corrected chi connectivity index (χ4v) is 3.35. The number of rotatable bonds is 4. The van der Waals surface area contributed by atoms with E-state index in [-0.39, 0.29) is 11.7 Å². The van der Waals surface area contributed by atoms with Gasteiger partial charge in [0, 0.05) is 31.6 Å². The van der Waals surface area contributed by atoms with E-state index in [2.05, 4.69) is 19.9 Å². The molecule has 4 heterocycles. The predicted molar refractivity (Wildman–Crippen MR) is 112 cm³/mol. The normalized spacial score (nSPS) is 21.0. The number of hydrogen-bond acceptors (Lipinski definition) is 8. The summed E-state index contributed by atoms with van der Waals surface area (Å²) in [5.74, 6) is -4.73. The summed E-state index contributed by atoms with van der Waals surface area (Å²) in [5, 5.41) is 14.2. The minimum absolute atomic E-state index is 0.117. The Morgan fingerprint density at radius 2 is 1.57 bits per heavy atom. The third-order valence-electron chi connectivity index (χ3n) is 5.00. The van der Waals surface area contributed by atoms with Crippen LogP contribution in [0.5, 0.6) is 0 Å². The zero-order chi connectivity index (χ0) is 27.7. The summed E-state index contributed by atoms with van der Waals surface area (Å²) in [6, 6.07) is 7.71. The molecule has 0 bridgehead atoms. The van der Waals surface area contributed by atoms with E-state index in [1.165, 1.54) is 0 Å². The fraction of sp³-hybridized carbons (Fsp3) is 0.476. The summed E-state index contributed by atoms with van der Waals surface area (Å²) in [6.07, 6.45) is -2.77. The van der Waals surface area contributed by atoms with E-state index in [9.17, 15) is 26.3 Å². The number of aliphatic carboxylic acids is 2. The molecular weight excluding hydrogens is 518 g/mol. The zero-order valence-corrected chi connectivity index (χ0v) is 18.9. The maximum Gasteiger partial charge on any atom is 0.490 e. The first-order chi connectivity index (χ1) is 17.2. The molecule has 10 nitrogen and oxygen atoms in total. The molecule has 2 aliphatic heterocycles. The maximum absolute atomic E-state index is 10.6. The van der Waals surface area contributed by atoms with Gasteiger partial charge in [0.05, 0.1) is 37.2 Å². The number of nitrogens with zero attached hydrogens (tertiary/aromatic N) is 4. The molecule has 0 radical (unpaired) electrons. The van der Waals surface area contributed by atoms with Gasteiger partial charge in [-0.3, -0.25) is 4.98 Å². The van der Waals surface area contributed by atoms with Crippen LogP contribution in [0.3, 0.4) is 0 Å². The second kappa shape index (κ2) is 12.6. The maximum atomic E-state index is 10.6. The summed E-state index contributed by atoms with van der Waals surface area (Å²) in [4.78, 5) is 32.9. The molecule has 4 rings (SSSR count). The van der Waals surface area contributed by atoms with Crippen LogP contribution < -0.4 is 4.90 Å². The van der Waals surface area contributed by atoms with Gasteiger partial charge in [-0.05, 0) is 24.6 Å². The largest absolute Gasteiger partial charge is 0.490 e. The number of anilines is 1. The van der Waals surface area contributed by atoms with Gasteiger partial charge >= 0.3 is 24.3 Å². The second-order valence-electron chi connectivity index (χ2n) is 7.78. The first-order valence-corrected chi connectivity index (χ1v) is 10.5. The SMILES string of the molecule is O=C(O)C(F)(F)F.O=C(O)C(F)(F)F.c1ccc(CO[C@@H]2CO[C@@]3(CCN(c4ncccn4)C3)C2)nc1. The highest BCUT2D eigenvalue weighted by atomic mass is 19.4. The molecule has 0 unspecified atom stereocenters. The summed E-state index contributed by atoms with van der Waals surface area (Å²) in [5.41, 5.74) is 0.840. The van der Waals surface area contributed by atoms with Crippen molar-refractivity contribution < 1.29 is 55.6 Å². The van der Waals surface area contributed by atoms with Gasteiger partial charge < -0.3 is 24.6 Å². The lowest BCUT2D eigenvalue weighted by atomic mass is 9.98. The second-order valence-corrected chi connectivity index (χ2v) is 7.78. The smallest absolute Gasteiger partial charge is 0.475 e. The third kappa shape index (κ3) is 9.80. The van der Waals surface area contributed by atoms with E-state index in [4.69, 9.17) is 29.3 Å². The van der Waals surface area contributed by atoms with Crippen LogP contribution in [0, 0.1) is 0 Å². The first-order valence-electron chi connectivity index (χ1n) is 10.5. The van der Waals surface area contributed by atoms with E-state index < -0.39 is 24.3 Å². The monoisotopic (exact) mass is 540 g/mol. The average molecular weight is 540 g/mol. The molecule has 1 spiro atoms. The molecule has 37 heavy (non-hydrogen) atoms. The van der Waals surface area contributed by atoms with Gasteiger partial charge in [-0.1, -0.05) is 6.07 Å². The van der Waals surface area contributed by atoms with Crippen molar-refractivity contribution in [3.8, 4) is 0 Å². The van der Waals surface area contributed by atoms with Crippen molar-refractivity contribution in [1.82, 2.24) is 15.0 Å². The van der Waals surface area contributed by atoms with E-state index in [0.717, 1.165) is 37.6 Å². The van der Waals surface area contributed by atoms with E-state index in [1.54, 1.807) is 18.6 Å². The number of carboxylic acids is 2. The molecule has 2 aromatic rings. The lowest BCUT2D eigenvalue weighted by molar-refractivity contribution is -0.193. The van der Waals surface area contributed by atoms with Gasteiger partial charge in [0.15, 0.2) is 0 Å².